The van der Waals surface area contributed by atoms with E-state index in [1.165, 1.54) is 10.2 Å². The minimum absolute atomic E-state index is 0.659. The van der Waals surface area contributed by atoms with Crippen molar-refractivity contribution in [3.8, 4) is 0 Å². The zero-order chi connectivity index (χ0) is 10.0. The Bertz CT molecular complexity index is 287. The van der Waals surface area contributed by atoms with Crippen LogP contribution in [0, 0.1) is 0 Å². The summed E-state index contributed by atoms with van der Waals surface area (Å²) in [5, 5.41) is 1.57. The quantitative estimate of drug-likeness (QED) is 0.628. The zero-order valence-electron chi connectivity index (χ0n) is 9.39. The van der Waals surface area contributed by atoms with Crippen molar-refractivity contribution in [1.29, 1.82) is 0 Å². The normalized spacial score (nSPS) is 11.5. The summed E-state index contributed by atoms with van der Waals surface area (Å²) in [6, 6.07) is 6.75. The third kappa shape index (κ3) is 2.22. The van der Waals surface area contributed by atoms with Gasteiger partial charge < -0.3 is 0 Å². The van der Waals surface area contributed by atoms with Crippen LogP contribution in [0.4, 0.5) is 0 Å². The van der Waals surface area contributed by atoms with E-state index in [2.05, 4.69) is 45.9 Å². The Morgan fingerprint density at radius 2 is 1.62 bits per heavy atom. The summed E-state index contributed by atoms with van der Waals surface area (Å²) < 4.78 is 0. The maximum atomic E-state index is 2.29. The summed E-state index contributed by atoms with van der Waals surface area (Å²) in [5.41, 5.74) is 3.15. The lowest BCUT2D eigenvalue weighted by molar-refractivity contribution is 0.795. The number of rotatable bonds is 2. The molecule has 0 unspecified atom stereocenters. The molecule has 0 nitrogen and oxygen atoms in total. The van der Waals surface area contributed by atoms with Crippen LogP contribution in [0.25, 0.3) is 0 Å². The van der Waals surface area contributed by atoms with Crippen LogP contribution in [0.5, 0.6) is 0 Å². The molecule has 0 fully saturated rings. The molecular weight excluding hydrogens is 172 g/mol. The van der Waals surface area contributed by atoms with E-state index in [1.807, 2.05) is 0 Å². The van der Waals surface area contributed by atoms with Crippen molar-refractivity contribution in [2.24, 2.45) is 0 Å². The van der Waals surface area contributed by atoms with Crippen LogP contribution in [0.2, 0.25) is 0 Å². The molecule has 13 heavy (non-hydrogen) atoms. The highest BCUT2D eigenvalue weighted by atomic mass is 28.1. The van der Waals surface area contributed by atoms with Gasteiger partial charge >= 0.3 is 0 Å². The molecule has 1 rings (SSSR count). The van der Waals surface area contributed by atoms with Gasteiger partial charge in [0.2, 0.25) is 0 Å². The molecule has 72 valence electrons. The van der Waals surface area contributed by atoms with Gasteiger partial charge in [0.25, 0.3) is 0 Å². The van der Waals surface area contributed by atoms with Crippen LogP contribution in [-0.2, 0) is 0 Å². The lowest BCUT2D eigenvalue weighted by Crippen LogP contribution is -2.15. The molecule has 0 amide bonds. The molecule has 0 N–H and O–H groups in total. The van der Waals surface area contributed by atoms with Crippen molar-refractivity contribution in [1.82, 2.24) is 0 Å². The molecule has 0 aliphatic heterocycles. The Morgan fingerprint density at radius 1 is 1.00 bits per heavy atom. The van der Waals surface area contributed by atoms with Crippen LogP contribution in [0.15, 0.2) is 18.2 Å². The first-order valence-corrected chi connectivity index (χ1v) is 6.13. The molecule has 1 aromatic rings. The van der Waals surface area contributed by atoms with Crippen LogP contribution in [-0.4, -0.2) is 10.2 Å². The van der Waals surface area contributed by atoms with Crippen molar-refractivity contribution in [3.05, 3.63) is 29.3 Å². The minimum Gasteiger partial charge on any atom is -0.0671 e. The van der Waals surface area contributed by atoms with Crippen LogP contribution >= 0.6 is 0 Å². The summed E-state index contributed by atoms with van der Waals surface area (Å²) in [6.07, 6.45) is 0. The van der Waals surface area contributed by atoms with E-state index in [1.54, 1.807) is 16.3 Å². The monoisotopic (exact) mass is 192 g/mol. The van der Waals surface area contributed by atoms with Gasteiger partial charge in [-0.1, -0.05) is 51.1 Å². The average molecular weight is 192 g/mol. The first-order valence-electron chi connectivity index (χ1n) is 5.13. The molecule has 0 heterocycles. The van der Waals surface area contributed by atoms with E-state index in [-0.39, 0.29) is 0 Å². The maximum Gasteiger partial charge on any atom is 0.0388 e. The van der Waals surface area contributed by atoms with Gasteiger partial charge in [0, 0.05) is 10.2 Å². The fourth-order valence-electron chi connectivity index (χ4n) is 2.00. The molecule has 0 radical (unpaired) electrons. The van der Waals surface area contributed by atoms with Gasteiger partial charge in [-0.3, -0.25) is 0 Å². The first-order chi connectivity index (χ1) is 6.04. The molecule has 0 saturated carbocycles. The molecule has 0 spiro atoms. The largest absolute Gasteiger partial charge is 0.0671 e. The zero-order valence-corrected chi connectivity index (χ0v) is 11.4. The summed E-state index contributed by atoms with van der Waals surface area (Å²) in [7, 11) is 1.17. The van der Waals surface area contributed by atoms with Crippen molar-refractivity contribution in [3.63, 3.8) is 0 Å². The van der Waals surface area contributed by atoms with Crippen LogP contribution in [0.1, 0.15) is 50.7 Å². The Balaban J connectivity index is 3.26. The van der Waals surface area contributed by atoms with Crippen molar-refractivity contribution in [2.75, 3.05) is 0 Å². The lowest BCUT2D eigenvalue weighted by Gasteiger charge is -2.18. The van der Waals surface area contributed by atoms with Crippen molar-refractivity contribution in [2.45, 2.75) is 39.5 Å². The van der Waals surface area contributed by atoms with Gasteiger partial charge in [0.15, 0.2) is 0 Å². The Labute approximate surface area is 84.8 Å². The fourth-order valence-corrected chi connectivity index (χ4v) is 3.05. The van der Waals surface area contributed by atoms with Gasteiger partial charge in [-0.15, -0.1) is 0 Å². The lowest BCUT2D eigenvalue weighted by atomic mass is 9.91. The topological polar surface area (TPSA) is 0 Å². The molecule has 0 aromatic heterocycles. The van der Waals surface area contributed by atoms with E-state index in [0.29, 0.717) is 11.8 Å². The van der Waals surface area contributed by atoms with Gasteiger partial charge in [-0.2, -0.15) is 0 Å². The average Bonchev–Trinajstić information content (AvgIpc) is 2.02. The standard InChI is InChI=1S/C12H20Si/c1-8(2)10-6-5-7-11(13)12(10)9(3)4/h5-9H,1-4,13H3. The van der Waals surface area contributed by atoms with Crippen LogP contribution < -0.4 is 5.19 Å². The highest BCUT2D eigenvalue weighted by molar-refractivity contribution is 6.33. The Hall–Kier alpha value is -0.563. The molecule has 0 saturated heterocycles. The third-order valence-electron chi connectivity index (χ3n) is 2.56. The Morgan fingerprint density at radius 3 is 2.00 bits per heavy atom. The van der Waals surface area contributed by atoms with Crippen molar-refractivity contribution < 1.29 is 0 Å². The van der Waals surface area contributed by atoms with E-state index in [4.69, 9.17) is 0 Å². The smallest absolute Gasteiger partial charge is 0.0388 e. The third-order valence-corrected chi connectivity index (χ3v) is 3.43. The number of benzene rings is 1. The maximum absolute atomic E-state index is 2.29. The Kier molecular flexibility index (Phi) is 3.31. The predicted octanol–water partition coefficient (Wildman–Crippen LogP) is 1.92. The number of hydrogen-bond donors (Lipinski definition) is 0. The van der Waals surface area contributed by atoms with E-state index in [0.717, 1.165) is 0 Å². The SMILES string of the molecule is CC(C)c1cccc([SiH3])c1C(C)C. The summed E-state index contributed by atoms with van der Waals surface area (Å²) >= 11 is 0. The van der Waals surface area contributed by atoms with E-state index in [9.17, 15) is 0 Å². The highest BCUT2D eigenvalue weighted by Crippen LogP contribution is 2.23. The minimum atomic E-state index is 0.659. The van der Waals surface area contributed by atoms with E-state index >= 15 is 0 Å². The van der Waals surface area contributed by atoms with Gasteiger partial charge in [-0.25, -0.2) is 0 Å². The summed E-state index contributed by atoms with van der Waals surface area (Å²) in [5.74, 6) is 1.33. The first kappa shape index (κ1) is 10.5. The molecule has 0 bridgehead atoms. The summed E-state index contributed by atoms with van der Waals surface area (Å²) in [4.78, 5) is 0. The fraction of sp³-hybridized carbons (Fsp3) is 0.500. The molecule has 0 aliphatic carbocycles. The second kappa shape index (κ2) is 4.10. The van der Waals surface area contributed by atoms with E-state index < -0.39 is 0 Å². The van der Waals surface area contributed by atoms with Crippen molar-refractivity contribution >= 4 is 15.4 Å². The molecule has 1 aromatic carbocycles. The second-order valence-corrected chi connectivity index (χ2v) is 5.46. The molecule has 0 aliphatic rings. The molecular formula is C12H20Si. The molecule has 1 heteroatoms. The van der Waals surface area contributed by atoms with Gasteiger partial charge in [0.1, 0.15) is 0 Å². The molecule has 0 atom stereocenters. The summed E-state index contributed by atoms with van der Waals surface area (Å²) in [6.45, 7) is 9.15. The number of hydrogen-bond acceptors (Lipinski definition) is 0. The second-order valence-electron chi connectivity index (χ2n) is 4.39. The van der Waals surface area contributed by atoms with Crippen LogP contribution in [0.3, 0.4) is 0 Å². The van der Waals surface area contributed by atoms with Gasteiger partial charge in [-0.05, 0) is 23.0 Å². The van der Waals surface area contributed by atoms with Gasteiger partial charge in [0.05, 0.1) is 0 Å². The highest BCUT2D eigenvalue weighted by Gasteiger charge is 2.10. The predicted molar refractivity (Wildman–Crippen MR) is 64.2 cm³/mol.